The Hall–Kier alpha value is -0.0800. The van der Waals surface area contributed by atoms with E-state index < -0.39 is 0 Å². The van der Waals surface area contributed by atoms with E-state index in [1.165, 1.54) is 18.4 Å². The summed E-state index contributed by atoms with van der Waals surface area (Å²) in [7, 11) is 0. The summed E-state index contributed by atoms with van der Waals surface area (Å²) in [5.41, 5.74) is 1.21. The lowest BCUT2D eigenvalue weighted by molar-refractivity contribution is 0.534. The number of rotatable bonds is 5. The molecule has 0 amide bonds. The van der Waals surface area contributed by atoms with Crippen LogP contribution in [0.2, 0.25) is 5.02 Å². The minimum Gasteiger partial charge on any atom is -0.263 e. The van der Waals surface area contributed by atoms with Crippen LogP contribution in [0, 0.1) is 5.92 Å². The van der Waals surface area contributed by atoms with Crippen LogP contribution in [0.15, 0.2) is 18.5 Å². The van der Waals surface area contributed by atoms with Crippen molar-refractivity contribution >= 4 is 27.5 Å². The lowest BCUT2D eigenvalue weighted by Gasteiger charge is -2.13. The van der Waals surface area contributed by atoms with Crippen LogP contribution < -0.4 is 0 Å². The molecule has 1 heterocycles. The fourth-order valence-electron chi connectivity index (χ4n) is 1.52. The van der Waals surface area contributed by atoms with Crippen LogP contribution in [0.25, 0.3) is 0 Å². The molecule has 0 radical (unpaired) electrons. The molecule has 1 rings (SSSR count). The van der Waals surface area contributed by atoms with Gasteiger partial charge in [0.25, 0.3) is 0 Å². The van der Waals surface area contributed by atoms with Crippen molar-refractivity contribution in [3.63, 3.8) is 0 Å². The molecule has 0 saturated carbocycles. The minimum absolute atomic E-state index is 0.680. The van der Waals surface area contributed by atoms with E-state index in [-0.39, 0.29) is 0 Å². The molecule has 1 atom stereocenters. The summed E-state index contributed by atoms with van der Waals surface area (Å²) in [5.74, 6) is 0.680. The van der Waals surface area contributed by atoms with Gasteiger partial charge in [-0.25, -0.2) is 0 Å². The highest BCUT2D eigenvalue weighted by Crippen LogP contribution is 2.21. The van der Waals surface area contributed by atoms with Crippen molar-refractivity contribution in [2.75, 3.05) is 5.33 Å². The number of hydrogen-bond acceptors (Lipinski definition) is 1. The molecule has 1 nitrogen and oxygen atoms in total. The second kappa shape index (κ2) is 6.41. The first kappa shape index (κ1) is 12.0. The van der Waals surface area contributed by atoms with Crippen LogP contribution in [0.1, 0.15) is 25.3 Å². The van der Waals surface area contributed by atoms with Gasteiger partial charge < -0.3 is 0 Å². The average Bonchev–Trinajstić information content (AvgIpc) is 2.20. The van der Waals surface area contributed by atoms with Gasteiger partial charge in [-0.1, -0.05) is 40.9 Å². The van der Waals surface area contributed by atoms with Crippen molar-refractivity contribution in [3.8, 4) is 0 Å². The highest BCUT2D eigenvalue weighted by molar-refractivity contribution is 9.09. The van der Waals surface area contributed by atoms with E-state index in [4.69, 9.17) is 11.6 Å². The molecule has 0 bridgehead atoms. The number of alkyl halides is 1. The summed E-state index contributed by atoms with van der Waals surface area (Å²) in [6.07, 6.45) is 7.02. The Bertz CT molecular complexity index is 278. The highest BCUT2D eigenvalue weighted by Gasteiger charge is 2.09. The van der Waals surface area contributed by atoms with Crippen molar-refractivity contribution in [2.45, 2.75) is 26.2 Å². The molecule has 1 aromatic heterocycles. The number of halogens is 2. The zero-order chi connectivity index (χ0) is 10.4. The Labute approximate surface area is 99.0 Å². The number of pyridine rings is 1. The van der Waals surface area contributed by atoms with E-state index >= 15 is 0 Å². The molecule has 1 aromatic rings. The fourth-order valence-corrected chi connectivity index (χ4v) is 2.27. The van der Waals surface area contributed by atoms with Gasteiger partial charge in [0, 0.05) is 17.7 Å². The van der Waals surface area contributed by atoms with E-state index in [0.717, 1.165) is 16.8 Å². The van der Waals surface area contributed by atoms with Gasteiger partial charge in [-0.2, -0.15) is 0 Å². The molecule has 0 fully saturated rings. The average molecular weight is 277 g/mol. The molecule has 0 saturated heterocycles. The van der Waals surface area contributed by atoms with Crippen molar-refractivity contribution in [1.82, 2.24) is 4.98 Å². The zero-order valence-electron chi connectivity index (χ0n) is 8.34. The zero-order valence-corrected chi connectivity index (χ0v) is 10.7. The third-order valence-corrected chi connectivity index (χ3v) is 3.54. The Morgan fingerprint density at radius 1 is 1.57 bits per heavy atom. The summed E-state index contributed by atoms with van der Waals surface area (Å²) in [4.78, 5) is 3.98. The first-order chi connectivity index (χ1) is 6.77. The summed E-state index contributed by atoms with van der Waals surface area (Å²) in [6.45, 7) is 2.21. The van der Waals surface area contributed by atoms with Crippen molar-refractivity contribution in [2.24, 2.45) is 5.92 Å². The first-order valence-corrected chi connectivity index (χ1v) is 6.42. The number of hydrogen-bond donors (Lipinski definition) is 0. The van der Waals surface area contributed by atoms with Crippen molar-refractivity contribution in [1.29, 1.82) is 0 Å². The second-order valence-corrected chi connectivity index (χ2v) is 4.53. The topological polar surface area (TPSA) is 12.9 Å². The van der Waals surface area contributed by atoms with Gasteiger partial charge in [-0.3, -0.25) is 4.98 Å². The molecule has 0 aromatic carbocycles. The van der Waals surface area contributed by atoms with Gasteiger partial charge in [0.15, 0.2) is 0 Å². The Morgan fingerprint density at radius 2 is 2.36 bits per heavy atom. The van der Waals surface area contributed by atoms with Crippen LogP contribution in [0.5, 0.6) is 0 Å². The maximum Gasteiger partial charge on any atom is 0.0621 e. The number of nitrogens with zero attached hydrogens (tertiary/aromatic N) is 1. The second-order valence-electron chi connectivity index (χ2n) is 3.48. The predicted octanol–water partition coefficient (Wildman–Crippen LogP) is 4.09. The third kappa shape index (κ3) is 3.58. The van der Waals surface area contributed by atoms with Crippen LogP contribution in [-0.4, -0.2) is 10.3 Å². The van der Waals surface area contributed by atoms with E-state index in [9.17, 15) is 0 Å². The minimum atomic E-state index is 0.680. The number of aromatic nitrogens is 1. The smallest absolute Gasteiger partial charge is 0.0621 e. The van der Waals surface area contributed by atoms with Crippen LogP contribution in [0.3, 0.4) is 0 Å². The maximum absolute atomic E-state index is 6.05. The van der Waals surface area contributed by atoms with Gasteiger partial charge in [0.1, 0.15) is 0 Å². The predicted molar refractivity (Wildman–Crippen MR) is 65.1 cm³/mol. The maximum atomic E-state index is 6.05. The Balaban J connectivity index is 2.62. The molecule has 0 aliphatic heterocycles. The molecule has 0 aliphatic carbocycles. The molecular formula is C11H15BrClN. The van der Waals surface area contributed by atoms with Crippen molar-refractivity contribution in [3.05, 3.63) is 29.0 Å². The lowest BCUT2D eigenvalue weighted by atomic mass is 9.98. The summed E-state index contributed by atoms with van der Waals surface area (Å²) in [6, 6.07) is 2.01. The van der Waals surface area contributed by atoms with Crippen molar-refractivity contribution < 1.29 is 0 Å². The molecular weight excluding hydrogens is 261 g/mol. The molecule has 3 heteroatoms. The van der Waals surface area contributed by atoms with Crippen LogP contribution >= 0.6 is 27.5 Å². The van der Waals surface area contributed by atoms with E-state index in [1.807, 2.05) is 6.07 Å². The molecule has 0 aliphatic rings. The van der Waals surface area contributed by atoms with Gasteiger partial charge in [-0.05, 0) is 30.4 Å². The third-order valence-electron chi connectivity index (χ3n) is 2.28. The fraction of sp³-hybridized carbons (Fsp3) is 0.545. The van der Waals surface area contributed by atoms with Gasteiger partial charge in [0.2, 0.25) is 0 Å². The Morgan fingerprint density at radius 3 is 2.93 bits per heavy atom. The molecule has 0 spiro atoms. The SMILES string of the molecule is CCCC(CBr)Cc1ccncc1Cl. The molecule has 14 heavy (non-hydrogen) atoms. The Kier molecular flexibility index (Phi) is 5.49. The quantitative estimate of drug-likeness (QED) is 0.738. The summed E-state index contributed by atoms with van der Waals surface area (Å²) < 4.78 is 0. The highest BCUT2D eigenvalue weighted by atomic mass is 79.9. The largest absolute Gasteiger partial charge is 0.263 e. The van der Waals surface area contributed by atoms with E-state index in [1.54, 1.807) is 12.4 Å². The van der Waals surface area contributed by atoms with Gasteiger partial charge >= 0.3 is 0 Å². The first-order valence-electron chi connectivity index (χ1n) is 4.92. The van der Waals surface area contributed by atoms with Crippen LogP contribution in [0.4, 0.5) is 0 Å². The molecule has 0 N–H and O–H groups in total. The summed E-state index contributed by atoms with van der Waals surface area (Å²) >= 11 is 9.59. The normalized spacial score (nSPS) is 12.8. The van der Waals surface area contributed by atoms with Gasteiger partial charge in [-0.15, -0.1) is 0 Å². The molecule has 1 unspecified atom stereocenters. The van der Waals surface area contributed by atoms with E-state index in [2.05, 4.69) is 27.8 Å². The van der Waals surface area contributed by atoms with Gasteiger partial charge in [0.05, 0.1) is 5.02 Å². The van der Waals surface area contributed by atoms with E-state index in [0.29, 0.717) is 5.92 Å². The monoisotopic (exact) mass is 275 g/mol. The summed E-state index contributed by atoms with van der Waals surface area (Å²) in [5, 5.41) is 1.83. The molecule has 78 valence electrons. The lowest BCUT2D eigenvalue weighted by Crippen LogP contribution is -2.06. The van der Waals surface area contributed by atoms with Crippen LogP contribution in [-0.2, 0) is 6.42 Å². The standard InChI is InChI=1S/C11H15BrClN/c1-2-3-9(7-12)6-10-4-5-14-8-11(10)13/h4-5,8-9H,2-3,6-7H2,1H3.